The second kappa shape index (κ2) is 7.19. The molecule has 1 aromatic heterocycles. The molecule has 4 nitrogen and oxygen atoms in total. The standard InChI is InChI=1S/C22H25NO3S/c24-22(21-14-16-5-1-2-7-20(16)27-21)23-10-3-6-17(23)15-8-9-18-19(13-15)26-12-4-11-25-18/h8-9,13-14,17H,1-7,10-12H2. The molecule has 1 atom stereocenters. The van der Waals surface area contributed by atoms with Crippen molar-refractivity contribution < 1.29 is 14.3 Å². The fraction of sp³-hybridized carbons (Fsp3) is 0.500. The highest BCUT2D eigenvalue weighted by Crippen LogP contribution is 2.39. The lowest BCUT2D eigenvalue weighted by Crippen LogP contribution is -2.30. The second-order valence-corrected chi connectivity index (χ2v) is 8.82. The van der Waals surface area contributed by atoms with Crippen molar-refractivity contribution in [2.75, 3.05) is 19.8 Å². The topological polar surface area (TPSA) is 38.8 Å². The lowest BCUT2D eigenvalue weighted by molar-refractivity contribution is 0.0740. The number of likely N-dealkylation sites (tertiary alicyclic amines) is 1. The lowest BCUT2D eigenvalue weighted by atomic mass is 9.99. The van der Waals surface area contributed by atoms with Gasteiger partial charge in [0.1, 0.15) is 0 Å². The number of carbonyl (C=O) groups is 1. The zero-order valence-electron chi connectivity index (χ0n) is 15.5. The van der Waals surface area contributed by atoms with E-state index in [2.05, 4.69) is 23.1 Å². The first kappa shape index (κ1) is 17.1. The third-order valence-electron chi connectivity index (χ3n) is 5.88. The van der Waals surface area contributed by atoms with E-state index in [1.54, 1.807) is 11.3 Å². The molecule has 27 heavy (non-hydrogen) atoms. The molecule has 2 aromatic rings. The number of amides is 1. The molecule has 3 heterocycles. The highest BCUT2D eigenvalue weighted by atomic mass is 32.1. The molecule has 0 N–H and O–H groups in total. The van der Waals surface area contributed by atoms with Crippen LogP contribution >= 0.6 is 11.3 Å². The van der Waals surface area contributed by atoms with Crippen LogP contribution in [0.5, 0.6) is 11.5 Å². The molecular weight excluding hydrogens is 358 g/mol. The average molecular weight is 384 g/mol. The molecule has 0 bridgehead atoms. The monoisotopic (exact) mass is 383 g/mol. The number of hydrogen-bond donors (Lipinski definition) is 0. The summed E-state index contributed by atoms with van der Waals surface area (Å²) in [7, 11) is 0. The van der Waals surface area contributed by atoms with Gasteiger partial charge in [0, 0.05) is 17.8 Å². The van der Waals surface area contributed by atoms with E-state index in [9.17, 15) is 4.79 Å². The van der Waals surface area contributed by atoms with E-state index in [1.807, 2.05) is 6.07 Å². The molecule has 3 aliphatic rings. The Hall–Kier alpha value is -2.01. The van der Waals surface area contributed by atoms with Crippen LogP contribution in [-0.4, -0.2) is 30.6 Å². The molecule has 0 radical (unpaired) electrons. The van der Waals surface area contributed by atoms with Gasteiger partial charge >= 0.3 is 0 Å². The smallest absolute Gasteiger partial charge is 0.264 e. The van der Waals surface area contributed by atoms with Crippen LogP contribution in [0.3, 0.4) is 0 Å². The largest absolute Gasteiger partial charge is 0.490 e. The van der Waals surface area contributed by atoms with Crippen LogP contribution in [0.15, 0.2) is 24.3 Å². The summed E-state index contributed by atoms with van der Waals surface area (Å²) in [5, 5.41) is 0. The minimum absolute atomic E-state index is 0.133. The number of nitrogens with zero attached hydrogens (tertiary/aromatic N) is 1. The second-order valence-electron chi connectivity index (χ2n) is 7.68. The van der Waals surface area contributed by atoms with Crippen molar-refractivity contribution in [3.63, 3.8) is 0 Å². The number of thiophene rings is 1. The van der Waals surface area contributed by atoms with Crippen molar-refractivity contribution in [3.05, 3.63) is 45.1 Å². The maximum absolute atomic E-state index is 13.3. The number of fused-ring (bicyclic) bond motifs is 2. The summed E-state index contributed by atoms with van der Waals surface area (Å²) in [6.45, 7) is 2.22. The third-order valence-corrected chi connectivity index (χ3v) is 7.10. The first-order valence-electron chi connectivity index (χ1n) is 10.1. The van der Waals surface area contributed by atoms with Crippen LogP contribution in [0.4, 0.5) is 0 Å². The molecule has 5 heteroatoms. The summed E-state index contributed by atoms with van der Waals surface area (Å²) in [5.74, 6) is 1.83. The Kier molecular flexibility index (Phi) is 4.56. The summed E-state index contributed by atoms with van der Waals surface area (Å²) < 4.78 is 11.6. The van der Waals surface area contributed by atoms with E-state index >= 15 is 0 Å². The first-order valence-corrected chi connectivity index (χ1v) is 10.9. The SMILES string of the molecule is O=C(c1cc2c(s1)CCCC2)N1CCCC1c1ccc2c(c1)OCCCO2. The van der Waals surface area contributed by atoms with Gasteiger partial charge < -0.3 is 14.4 Å². The van der Waals surface area contributed by atoms with Crippen LogP contribution in [0.25, 0.3) is 0 Å². The molecular formula is C22H25NO3S. The number of aryl methyl sites for hydroxylation is 2. The minimum atomic E-state index is 0.133. The normalized spacial score (nSPS) is 21.6. The zero-order chi connectivity index (χ0) is 18.2. The molecule has 1 aliphatic carbocycles. The van der Waals surface area contributed by atoms with Crippen molar-refractivity contribution in [1.82, 2.24) is 4.90 Å². The van der Waals surface area contributed by atoms with E-state index in [1.165, 1.54) is 23.3 Å². The van der Waals surface area contributed by atoms with Crippen molar-refractivity contribution in [2.45, 2.75) is 51.0 Å². The van der Waals surface area contributed by atoms with Crippen LogP contribution in [0, 0.1) is 0 Å². The van der Waals surface area contributed by atoms with Crippen LogP contribution in [0.2, 0.25) is 0 Å². The Labute approximate surface area is 164 Å². The van der Waals surface area contributed by atoms with Gasteiger partial charge in [-0.05, 0) is 67.9 Å². The maximum Gasteiger partial charge on any atom is 0.264 e. The van der Waals surface area contributed by atoms with Crippen LogP contribution in [0.1, 0.15) is 63.8 Å². The van der Waals surface area contributed by atoms with Gasteiger partial charge in [-0.25, -0.2) is 0 Å². The number of rotatable bonds is 2. The summed E-state index contributed by atoms with van der Waals surface area (Å²) in [6.07, 6.45) is 7.74. The Bertz CT molecular complexity index is 836. The predicted molar refractivity (Wildman–Crippen MR) is 106 cm³/mol. The number of ether oxygens (including phenoxy) is 2. The third kappa shape index (κ3) is 3.22. The molecule has 5 rings (SSSR count). The van der Waals surface area contributed by atoms with Gasteiger partial charge in [-0.15, -0.1) is 11.3 Å². The summed E-state index contributed by atoms with van der Waals surface area (Å²) in [6, 6.07) is 8.47. The molecule has 142 valence electrons. The van der Waals surface area contributed by atoms with Crippen LogP contribution < -0.4 is 9.47 Å². The van der Waals surface area contributed by atoms with Gasteiger partial charge in [0.25, 0.3) is 5.91 Å². The predicted octanol–water partition coefficient (Wildman–Crippen LogP) is 4.77. The zero-order valence-corrected chi connectivity index (χ0v) is 16.4. The molecule has 2 aliphatic heterocycles. The van der Waals surface area contributed by atoms with E-state index in [0.717, 1.165) is 60.6 Å². The van der Waals surface area contributed by atoms with Gasteiger partial charge in [-0.2, -0.15) is 0 Å². The number of benzene rings is 1. The van der Waals surface area contributed by atoms with Gasteiger partial charge in [0.05, 0.1) is 24.1 Å². The van der Waals surface area contributed by atoms with Crippen molar-refractivity contribution >= 4 is 17.2 Å². The van der Waals surface area contributed by atoms with Gasteiger partial charge in [-0.1, -0.05) is 6.07 Å². The molecule has 0 spiro atoms. The first-order chi connectivity index (χ1) is 13.3. The molecule has 1 saturated heterocycles. The highest BCUT2D eigenvalue weighted by Gasteiger charge is 2.32. The van der Waals surface area contributed by atoms with E-state index in [4.69, 9.17) is 9.47 Å². The fourth-order valence-electron chi connectivity index (χ4n) is 4.48. The minimum Gasteiger partial charge on any atom is -0.490 e. The Morgan fingerprint density at radius 2 is 1.85 bits per heavy atom. The summed E-state index contributed by atoms with van der Waals surface area (Å²) >= 11 is 1.72. The van der Waals surface area contributed by atoms with Crippen LogP contribution in [-0.2, 0) is 12.8 Å². The van der Waals surface area contributed by atoms with Crippen molar-refractivity contribution in [1.29, 1.82) is 0 Å². The number of hydrogen-bond acceptors (Lipinski definition) is 4. The van der Waals surface area contributed by atoms with E-state index in [0.29, 0.717) is 13.2 Å². The van der Waals surface area contributed by atoms with E-state index < -0.39 is 0 Å². The Morgan fingerprint density at radius 1 is 1.00 bits per heavy atom. The summed E-state index contributed by atoms with van der Waals surface area (Å²) in [4.78, 5) is 17.7. The van der Waals surface area contributed by atoms with E-state index in [-0.39, 0.29) is 11.9 Å². The molecule has 1 fully saturated rings. The van der Waals surface area contributed by atoms with Gasteiger partial charge in [0.2, 0.25) is 0 Å². The van der Waals surface area contributed by atoms with Crippen molar-refractivity contribution in [3.8, 4) is 11.5 Å². The maximum atomic E-state index is 13.3. The lowest BCUT2D eigenvalue weighted by Gasteiger charge is -2.25. The average Bonchev–Trinajstić information content (AvgIpc) is 3.29. The van der Waals surface area contributed by atoms with Gasteiger partial charge in [0.15, 0.2) is 11.5 Å². The quantitative estimate of drug-likeness (QED) is 0.750. The molecule has 1 unspecified atom stereocenters. The molecule has 1 amide bonds. The number of carbonyl (C=O) groups excluding carboxylic acids is 1. The Balaban J connectivity index is 1.41. The Morgan fingerprint density at radius 3 is 2.74 bits per heavy atom. The highest BCUT2D eigenvalue weighted by molar-refractivity contribution is 7.14. The fourth-order valence-corrected chi connectivity index (χ4v) is 5.69. The molecule has 1 aromatic carbocycles. The van der Waals surface area contributed by atoms with Gasteiger partial charge in [-0.3, -0.25) is 4.79 Å². The summed E-state index contributed by atoms with van der Waals surface area (Å²) in [5.41, 5.74) is 2.56. The van der Waals surface area contributed by atoms with Crippen molar-refractivity contribution in [2.24, 2.45) is 0 Å². The molecule has 0 saturated carbocycles.